The highest BCUT2D eigenvalue weighted by Crippen LogP contribution is 2.38. The molecule has 0 saturated carbocycles. The highest BCUT2D eigenvalue weighted by Gasteiger charge is 2.37. The number of aromatic nitrogens is 1. The molecule has 1 N–H and O–H groups in total. The van der Waals surface area contributed by atoms with E-state index in [0.29, 0.717) is 11.2 Å². The van der Waals surface area contributed by atoms with Gasteiger partial charge in [-0.2, -0.15) is 13.2 Å². The molecule has 3 rings (SSSR count). The molecular formula is C14H19ClF3N3. The molecule has 2 fully saturated rings. The van der Waals surface area contributed by atoms with Crippen LogP contribution in [0, 0.1) is 5.41 Å². The molecule has 0 aliphatic carbocycles. The zero-order chi connectivity index (χ0) is 14.2. The Labute approximate surface area is 128 Å². The predicted molar refractivity (Wildman–Crippen MR) is 77.9 cm³/mol. The van der Waals surface area contributed by atoms with Crippen molar-refractivity contribution in [1.82, 2.24) is 10.3 Å². The van der Waals surface area contributed by atoms with Crippen LogP contribution >= 0.6 is 12.4 Å². The Balaban J connectivity index is 0.00000161. The van der Waals surface area contributed by atoms with Gasteiger partial charge in [0.1, 0.15) is 5.82 Å². The van der Waals surface area contributed by atoms with Crippen LogP contribution in [0.15, 0.2) is 18.3 Å². The third-order valence-corrected chi connectivity index (χ3v) is 4.55. The summed E-state index contributed by atoms with van der Waals surface area (Å²) in [5, 5.41) is 3.38. The number of nitrogens with zero attached hydrogens (tertiary/aromatic N) is 2. The van der Waals surface area contributed by atoms with Gasteiger partial charge in [-0.3, -0.25) is 0 Å². The Kier molecular flexibility index (Phi) is 4.68. The molecule has 0 atom stereocenters. The molecule has 7 heteroatoms. The average Bonchev–Trinajstić information content (AvgIpc) is 2.87. The van der Waals surface area contributed by atoms with Crippen molar-refractivity contribution in [3.05, 3.63) is 23.9 Å². The lowest BCUT2D eigenvalue weighted by Gasteiger charge is -2.39. The second-order valence-corrected chi connectivity index (χ2v) is 5.81. The largest absolute Gasteiger partial charge is 0.416 e. The Hall–Kier alpha value is -1.01. The lowest BCUT2D eigenvalue weighted by Crippen LogP contribution is -2.41. The zero-order valence-electron chi connectivity index (χ0n) is 11.6. The number of rotatable bonds is 1. The predicted octanol–water partition coefficient (Wildman–Crippen LogP) is 3.10. The van der Waals surface area contributed by atoms with E-state index in [9.17, 15) is 13.2 Å². The maximum atomic E-state index is 12.7. The first-order valence-electron chi connectivity index (χ1n) is 6.98. The first-order valence-corrected chi connectivity index (χ1v) is 6.98. The molecule has 21 heavy (non-hydrogen) atoms. The summed E-state index contributed by atoms with van der Waals surface area (Å²) in [6, 6.07) is 2.18. The van der Waals surface area contributed by atoms with Crippen LogP contribution in [-0.2, 0) is 6.18 Å². The van der Waals surface area contributed by atoms with E-state index in [-0.39, 0.29) is 12.4 Å². The summed E-state index contributed by atoms with van der Waals surface area (Å²) >= 11 is 0. The lowest BCUT2D eigenvalue weighted by molar-refractivity contribution is -0.137. The quantitative estimate of drug-likeness (QED) is 0.861. The van der Waals surface area contributed by atoms with Gasteiger partial charge in [-0.1, -0.05) is 0 Å². The maximum Gasteiger partial charge on any atom is 0.416 e. The fraction of sp³-hybridized carbons (Fsp3) is 0.643. The topological polar surface area (TPSA) is 28.2 Å². The molecule has 1 spiro atoms. The summed E-state index contributed by atoms with van der Waals surface area (Å²) in [6.07, 6.45) is 0.177. The van der Waals surface area contributed by atoms with Crippen LogP contribution < -0.4 is 10.2 Å². The summed E-state index contributed by atoms with van der Waals surface area (Å²) in [5.41, 5.74) is -0.261. The van der Waals surface area contributed by atoms with Crippen molar-refractivity contribution >= 4 is 18.2 Å². The van der Waals surface area contributed by atoms with Gasteiger partial charge < -0.3 is 10.2 Å². The zero-order valence-corrected chi connectivity index (χ0v) is 12.4. The fourth-order valence-electron chi connectivity index (χ4n) is 3.20. The SMILES string of the molecule is Cl.FC(F)(F)c1ccnc(N2CCC3(CCNC3)CC2)c1. The lowest BCUT2D eigenvalue weighted by atomic mass is 9.78. The van der Waals surface area contributed by atoms with Gasteiger partial charge in [0.05, 0.1) is 5.56 Å². The molecular weight excluding hydrogens is 303 g/mol. The van der Waals surface area contributed by atoms with Crippen LogP contribution in [0.4, 0.5) is 19.0 Å². The number of pyridine rings is 1. The molecule has 3 heterocycles. The Morgan fingerprint density at radius 1 is 1.19 bits per heavy atom. The molecule has 2 saturated heterocycles. The molecule has 2 aliphatic heterocycles. The van der Waals surface area contributed by atoms with Gasteiger partial charge in [0.2, 0.25) is 0 Å². The average molecular weight is 322 g/mol. The first kappa shape index (κ1) is 16.4. The summed E-state index contributed by atoms with van der Waals surface area (Å²) in [4.78, 5) is 6.07. The highest BCUT2D eigenvalue weighted by molar-refractivity contribution is 5.85. The molecule has 0 unspecified atom stereocenters. The molecule has 1 aromatic rings. The van der Waals surface area contributed by atoms with Crippen molar-refractivity contribution in [2.24, 2.45) is 5.41 Å². The van der Waals surface area contributed by atoms with E-state index in [1.807, 2.05) is 4.90 Å². The van der Waals surface area contributed by atoms with Gasteiger partial charge in [0, 0.05) is 25.8 Å². The number of piperidine rings is 1. The second kappa shape index (κ2) is 6.01. The molecule has 118 valence electrons. The van der Waals surface area contributed by atoms with Crippen molar-refractivity contribution in [3.8, 4) is 0 Å². The van der Waals surface area contributed by atoms with E-state index in [2.05, 4.69) is 10.3 Å². The number of hydrogen-bond donors (Lipinski definition) is 1. The number of halogens is 4. The van der Waals surface area contributed by atoms with E-state index >= 15 is 0 Å². The number of anilines is 1. The van der Waals surface area contributed by atoms with E-state index in [1.165, 1.54) is 12.6 Å². The Bertz CT molecular complexity index is 477. The maximum absolute atomic E-state index is 12.7. The summed E-state index contributed by atoms with van der Waals surface area (Å²) in [5.74, 6) is 0.445. The van der Waals surface area contributed by atoms with Crippen LogP contribution in [0.2, 0.25) is 0 Å². The van der Waals surface area contributed by atoms with Crippen LogP contribution in [-0.4, -0.2) is 31.2 Å². The second-order valence-electron chi connectivity index (χ2n) is 5.81. The first-order chi connectivity index (χ1) is 9.49. The molecule has 1 aromatic heterocycles. The minimum atomic E-state index is -4.30. The molecule has 0 amide bonds. The molecule has 3 nitrogen and oxygen atoms in total. The minimum Gasteiger partial charge on any atom is -0.357 e. The van der Waals surface area contributed by atoms with Gasteiger partial charge in [0.15, 0.2) is 0 Å². The fourth-order valence-corrected chi connectivity index (χ4v) is 3.20. The van der Waals surface area contributed by atoms with E-state index in [1.54, 1.807) is 0 Å². The van der Waals surface area contributed by atoms with Crippen LogP contribution in [0.1, 0.15) is 24.8 Å². The van der Waals surface area contributed by atoms with Crippen molar-refractivity contribution in [1.29, 1.82) is 0 Å². The third-order valence-electron chi connectivity index (χ3n) is 4.55. The molecule has 2 aliphatic rings. The number of nitrogens with one attached hydrogen (secondary N) is 1. The number of hydrogen-bond acceptors (Lipinski definition) is 3. The summed E-state index contributed by atoms with van der Waals surface area (Å²) < 4.78 is 38.2. The summed E-state index contributed by atoms with van der Waals surface area (Å²) in [6.45, 7) is 3.67. The van der Waals surface area contributed by atoms with Gasteiger partial charge in [-0.15, -0.1) is 12.4 Å². The van der Waals surface area contributed by atoms with Crippen molar-refractivity contribution in [3.63, 3.8) is 0 Å². The Morgan fingerprint density at radius 3 is 2.48 bits per heavy atom. The molecule has 0 aromatic carbocycles. The molecule has 0 bridgehead atoms. The van der Waals surface area contributed by atoms with Crippen LogP contribution in [0.25, 0.3) is 0 Å². The van der Waals surface area contributed by atoms with Crippen LogP contribution in [0.3, 0.4) is 0 Å². The molecule has 0 radical (unpaired) electrons. The van der Waals surface area contributed by atoms with Gasteiger partial charge in [-0.05, 0) is 43.4 Å². The van der Waals surface area contributed by atoms with E-state index in [0.717, 1.165) is 51.2 Å². The third kappa shape index (κ3) is 3.43. The monoisotopic (exact) mass is 321 g/mol. The minimum absolute atomic E-state index is 0. The van der Waals surface area contributed by atoms with E-state index < -0.39 is 11.7 Å². The Morgan fingerprint density at radius 2 is 1.90 bits per heavy atom. The van der Waals surface area contributed by atoms with Gasteiger partial charge in [-0.25, -0.2) is 4.98 Å². The van der Waals surface area contributed by atoms with Crippen molar-refractivity contribution in [2.45, 2.75) is 25.4 Å². The smallest absolute Gasteiger partial charge is 0.357 e. The van der Waals surface area contributed by atoms with Crippen LogP contribution in [0.5, 0.6) is 0 Å². The summed E-state index contributed by atoms with van der Waals surface area (Å²) in [7, 11) is 0. The van der Waals surface area contributed by atoms with Crippen molar-refractivity contribution in [2.75, 3.05) is 31.1 Å². The standard InChI is InChI=1S/C14H18F3N3.ClH/c15-14(16,17)11-1-5-19-12(9-11)20-7-3-13(4-8-20)2-6-18-10-13;/h1,5,9,18H,2-4,6-8,10H2;1H. The normalized spacial score (nSPS) is 21.4. The van der Waals surface area contributed by atoms with Gasteiger partial charge >= 0.3 is 6.18 Å². The van der Waals surface area contributed by atoms with Gasteiger partial charge in [0.25, 0.3) is 0 Å². The van der Waals surface area contributed by atoms with Crippen molar-refractivity contribution < 1.29 is 13.2 Å². The van der Waals surface area contributed by atoms with E-state index in [4.69, 9.17) is 0 Å². The number of alkyl halides is 3. The highest BCUT2D eigenvalue weighted by atomic mass is 35.5.